The molecule has 0 spiro atoms. The molecule has 3 fully saturated rings. The van der Waals surface area contributed by atoms with E-state index in [1.807, 2.05) is 11.3 Å². The third-order valence-electron chi connectivity index (χ3n) is 6.69. The molecule has 1 aromatic heterocycles. The van der Waals surface area contributed by atoms with Crippen LogP contribution in [0.1, 0.15) is 55.6 Å². The molecule has 2 bridgehead atoms. The Kier molecular flexibility index (Phi) is 3.52. The summed E-state index contributed by atoms with van der Waals surface area (Å²) in [6.45, 7) is 4.68. The summed E-state index contributed by atoms with van der Waals surface area (Å²) in [6.07, 6.45) is 6.58. The predicted molar refractivity (Wildman–Crippen MR) is 101 cm³/mol. The maximum Gasteiger partial charge on any atom is 0.101 e. The number of nitrogens with zero attached hydrogens (tertiary/aromatic N) is 2. The Morgan fingerprint density at radius 1 is 1.29 bits per heavy atom. The smallest absolute Gasteiger partial charge is 0.101 e. The maximum atomic E-state index is 5.13. The monoisotopic (exact) mass is 341 g/mol. The number of benzene rings is 1. The molecule has 0 radical (unpaired) electrons. The van der Waals surface area contributed by atoms with Crippen LogP contribution >= 0.6 is 11.3 Å². The van der Waals surface area contributed by atoms with Crippen molar-refractivity contribution in [2.24, 2.45) is 5.92 Å². The summed E-state index contributed by atoms with van der Waals surface area (Å²) < 4.78 is 1.37. The molecule has 3 heterocycles. The van der Waals surface area contributed by atoms with Crippen LogP contribution in [0.3, 0.4) is 0 Å². The Hall–Kier alpha value is -0.970. The second-order valence-electron chi connectivity index (χ2n) is 8.48. The third-order valence-corrected chi connectivity index (χ3v) is 7.97. The van der Waals surface area contributed by atoms with Crippen molar-refractivity contribution < 1.29 is 0 Å². The molecule has 128 valence electrons. The molecule has 2 unspecified atom stereocenters. The van der Waals surface area contributed by atoms with Crippen LogP contribution in [0, 0.1) is 5.92 Å². The average molecular weight is 342 g/mol. The van der Waals surface area contributed by atoms with Crippen molar-refractivity contribution in [2.75, 3.05) is 20.1 Å². The summed E-state index contributed by atoms with van der Waals surface area (Å²) in [5, 5.41) is 5.11. The molecule has 4 heteroatoms. The van der Waals surface area contributed by atoms with Crippen LogP contribution in [0.15, 0.2) is 18.2 Å². The molecule has 3 aliphatic rings. The molecule has 2 aliphatic heterocycles. The van der Waals surface area contributed by atoms with E-state index in [4.69, 9.17) is 4.98 Å². The molecule has 1 N–H and O–H groups in total. The number of fused-ring (bicyclic) bond motifs is 3. The standard InChI is InChI=1S/C20H27N3S/c1-13-3-5-16(21-11-13)14-4-6-18-17(9-14)22-19(24-18)20-8-7-15(10-20)23(2)12-20/h4,6,9,13,15-16,21H,3,5,7-8,10-12H2,1-2H3/t13-,15?,16+,20?/m0/s1. The number of nitrogens with one attached hydrogen (secondary N) is 1. The zero-order chi connectivity index (χ0) is 16.3. The Bertz CT molecular complexity index is 757. The minimum Gasteiger partial charge on any atom is -0.310 e. The van der Waals surface area contributed by atoms with Gasteiger partial charge in [0, 0.05) is 24.0 Å². The molecule has 0 amide bonds. The molecular weight excluding hydrogens is 314 g/mol. The molecule has 2 saturated heterocycles. The van der Waals surface area contributed by atoms with Gasteiger partial charge >= 0.3 is 0 Å². The highest BCUT2D eigenvalue weighted by Gasteiger charge is 2.50. The number of thiazole rings is 1. The Labute approximate surface area is 148 Å². The zero-order valence-electron chi connectivity index (χ0n) is 14.7. The van der Waals surface area contributed by atoms with Gasteiger partial charge in [-0.1, -0.05) is 13.0 Å². The molecule has 3 nitrogen and oxygen atoms in total. The van der Waals surface area contributed by atoms with Gasteiger partial charge in [-0.05, 0) is 69.3 Å². The lowest BCUT2D eigenvalue weighted by Gasteiger charge is -2.28. The highest BCUT2D eigenvalue weighted by Crippen LogP contribution is 2.50. The van der Waals surface area contributed by atoms with Crippen LogP contribution in [-0.4, -0.2) is 36.1 Å². The van der Waals surface area contributed by atoms with Gasteiger partial charge in [-0.25, -0.2) is 4.98 Å². The van der Waals surface area contributed by atoms with E-state index in [0.717, 1.165) is 18.5 Å². The number of rotatable bonds is 2. The summed E-state index contributed by atoms with van der Waals surface area (Å²) in [7, 11) is 2.28. The molecule has 24 heavy (non-hydrogen) atoms. The van der Waals surface area contributed by atoms with Crippen molar-refractivity contribution in [3.05, 3.63) is 28.8 Å². The second kappa shape index (κ2) is 5.52. The first-order chi connectivity index (χ1) is 11.6. The van der Waals surface area contributed by atoms with Crippen LogP contribution in [-0.2, 0) is 5.41 Å². The summed E-state index contributed by atoms with van der Waals surface area (Å²) in [4.78, 5) is 7.68. The summed E-state index contributed by atoms with van der Waals surface area (Å²) in [5.74, 6) is 0.810. The summed E-state index contributed by atoms with van der Waals surface area (Å²) in [6, 6.07) is 8.30. The van der Waals surface area contributed by atoms with E-state index in [2.05, 4.69) is 42.4 Å². The van der Waals surface area contributed by atoms with E-state index >= 15 is 0 Å². The van der Waals surface area contributed by atoms with Crippen molar-refractivity contribution in [1.82, 2.24) is 15.2 Å². The SMILES string of the molecule is C[C@H]1CC[C@H](c2ccc3sc(C45CCC(C4)N(C)C5)nc3c2)NC1. The number of piperidine rings is 2. The second-order valence-corrected chi connectivity index (χ2v) is 9.51. The Morgan fingerprint density at radius 2 is 2.21 bits per heavy atom. The fourth-order valence-corrected chi connectivity index (χ4v) is 6.32. The van der Waals surface area contributed by atoms with Gasteiger partial charge in [0.25, 0.3) is 0 Å². The lowest BCUT2D eigenvalue weighted by molar-refractivity contribution is 0.246. The van der Waals surface area contributed by atoms with Crippen molar-refractivity contribution in [3.63, 3.8) is 0 Å². The van der Waals surface area contributed by atoms with Crippen LogP contribution in [0.25, 0.3) is 10.2 Å². The normalized spacial score (nSPS) is 36.7. The van der Waals surface area contributed by atoms with Gasteiger partial charge in [0.05, 0.1) is 10.2 Å². The summed E-state index contributed by atoms with van der Waals surface area (Å²) >= 11 is 1.94. The highest BCUT2D eigenvalue weighted by atomic mass is 32.1. The number of hydrogen-bond donors (Lipinski definition) is 1. The minimum atomic E-state index is 0.349. The van der Waals surface area contributed by atoms with Crippen LogP contribution in [0.2, 0.25) is 0 Å². The number of aromatic nitrogens is 1. The zero-order valence-corrected chi connectivity index (χ0v) is 15.5. The highest BCUT2D eigenvalue weighted by molar-refractivity contribution is 7.18. The molecular formula is C20H27N3S. The van der Waals surface area contributed by atoms with Gasteiger partial charge in [-0.3, -0.25) is 0 Å². The van der Waals surface area contributed by atoms with Crippen molar-refractivity contribution >= 4 is 21.6 Å². The van der Waals surface area contributed by atoms with Gasteiger partial charge in [0.1, 0.15) is 5.01 Å². The molecule has 1 aliphatic carbocycles. The van der Waals surface area contributed by atoms with Gasteiger partial charge in [0.2, 0.25) is 0 Å². The Morgan fingerprint density at radius 3 is 2.92 bits per heavy atom. The lowest BCUT2D eigenvalue weighted by atomic mass is 9.88. The van der Waals surface area contributed by atoms with Gasteiger partial charge in [-0.2, -0.15) is 0 Å². The molecule has 1 aromatic carbocycles. The van der Waals surface area contributed by atoms with E-state index in [9.17, 15) is 0 Å². The number of likely N-dealkylation sites (N-methyl/N-ethyl adjacent to an activating group) is 1. The van der Waals surface area contributed by atoms with Crippen molar-refractivity contribution in [3.8, 4) is 0 Å². The van der Waals surface area contributed by atoms with Gasteiger partial charge in [-0.15, -0.1) is 11.3 Å². The van der Waals surface area contributed by atoms with E-state index < -0.39 is 0 Å². The van der Waals surface area contributed by atoms with Crippen LogP contribution in [0.4, 0.5) is 0 Å². The van der Waals surface area contributed by atoms with Crippen molar-refractivity contribution in [2.45, 2.75) is 56.5 Å². The predicted octanol–water partition coefficient (Wildman–Crippen LogP) is 4.09. The lowest BCUT2D eigenvalue weighted by Crippen LogP contribution is -2.34. The fourth-order valence-electron chi connectivity index (χ4n) is 5.16. The summed E-state index contributed by atoms with van der Waals surface area (Å²) in [5.41, 5.74) is 3.00. The number of hydrogen-bond acceptors (Lipinski definition) is 4. The topological polar surface area (TPSA) is 28.2 Å². The fraction of sp³-hybridized carbons (Fsp3) is 0.650. The quantitative estimate of drug-likeness (QED) is 0.891. The third kappa shape index (κ3) is 2.34. The molecule has 5 rings (SSSR count). The number of likely N-dealkylation sites (tertiary alicyclic amines) is 1. The van der Waals surface area contributed by atoms with E-state index in [0.29, 0.717) is 11.5 Å². The largest absolute Gasteiger partial charge is 0.310 e. The first kappa shape index (κ1) is 15.3. The minimum absolute atomic E-state index is 0.349. The van der Waals surface area contributed by atoms with E-state index in [1.165, 1.54) is 59.4 Å². The van der Waals surface area contributed by atoms with E-state index in [-0.39, 0.29) is 0 Å². The first-order valence-corrected chi connectivity index (χ1v) is 10.3. The van der Waals surface area contributed by atoms with E-state index in [1.54, 1.807) is 0 Å². The van der Waals surface area contributed by atoms with Crippen LogP contribution < -0.4 is 5.32 Å². The van der Waals surface area contributed by atoms with Gasteiger partial charge in [0.15, 0.2) is 0 Å². The maximum absolute atomic E-state index is 5.13. The average Bonchev–Trinajstić information content (AvgIpc) is 3.27. The van der Waals surface area contributed by atoms with Crippen LogP contribution in [0.5, 0.6) is 0 Å². The Balaban J connectivity index is 1.46. The molecule has 1 saturated carbocycles. The van der Waals surface area contributed by atoms with Gasteiger partial charge < -0.3 is 10.2 Å². The molecule has 2 aromatic rings. The van der Waals surface area contributed by atoms with Crippen molar-refractivity contribution in [1.29, 1.82) is 0 Å². The first-order valence-electron chi connectivity index (χ1n) is 9.48. The molecule has 4 atom stereocenters.